The molecule has 2 aromatic heterocycles. The first kappa shape index (κ1) is 12.0. The number of hydrogen-bond acceptors (Lipinski definition) is 3. The van der Waals surface area contributed by atoms with E-state index in [9.17, 15) is 9.59 Å². The van der Waals surface area contributed by atoms with Gasteiger partial charge in [0.2, 0.25) is 0 Å². The number of H-pyrrole nitrogens is 1. The average Bonchev–Trinajstić information content (AvgIpc) is 2.39. The Labute approximate surface area is 104 Å². The highest BCUT2D eigenvalue weighted by Gasteiger charge is 2.14. The lowest BCUT2D eigenvalue weighted by Crippen LogP contribution is -2.30. The number of amides is 1. The fourth-order valence-corrected chi connectivity index (χ4v) is 1.63. The van der Waals surface area contributed by atoms with Crippen LogP contribution in [0.4, 0.5) is 0 Å². The molecule has 0 aliphatic carbocycles. The number of rotatable bonds is 3. The van der Waals surface area contributed by atoms with Crippen molar-refractivity contribution in [3.8, 4) is 0 Å². The highest BCUT2D eigenvalue weighted by molar-refractivity contribution is 5.93. The van der Waals surface area contributed by atoms with E-state index >= 15 is 0 Å². The number of nitrogens with zero attached hydrogens (tertiary/aromatic N) is 2. The zero-order chi connectivity index (χ0) is 13.0. The predicted molar refractivity (Wildman–Crippen MR) is 67.1 cm³/mol. The smallest absolute Gasteiger partial charge is 0.259 e. The van der Waals surface area contributed by atoms with Crippen molar-refractivity contribution in [3.05, 3.63) is 64.3 Å². The molecule has 18 heavy (non-hydrogen) atoms. The quantitative estimate of drug-likeness (QED) is 0.876. The van der Waals surface area contributed by atoms with Gasteiger partial charge in [-0.1, -0.05) is 6.07 Å². The van der Waals surface area contributed by atoms with Gasteiger partial charge in [0.05, 0.1) is 0 Å². The van der Waals surface area contributed by atoms with Crippen LogP contribution in [0.1, 0.15) is 15.9 Å². The third-order valence-corrected chi connectivity index (χ3v) is 2.54. The van der Waals surface area contributed by atoms with Crippen LogP contribution in [0.15, 0.2) is 47.8 Å². The molecule has 92 valence electrons. The van der Waals surface area contributed by atoms with Crippen molar-refractivity contribution in [3.63, 3.8) is 0 Å². The molecule has 0 aliphatic heterocycles. The summed E-state index contributed by atoms with van der Waals surface area (Å²) in [5.74, 6) is -0.305. The van der Waals surface area contributed by atoms with Crippen LogP contribution in [0, 0.1) is 0 Å². The summed E-state index contributed by atoms with van der Waals surface area (Å²) >= 11 is 0. The number of carbonyl (C=O) groups is 1. The molecular weight excluding hydrogens is 230 g/mol. The van der Waals surface area contributed by atoms with Crippen LogP contribution in [0.5, 0.6) is 0 Å². The van der Waals surface area contributed by atoms with Crippen molar-refractivity contribution in [2.45, 2.75) is 6.54 Å². The molecule has 0 unspecified atom stereocenters. The van der Waals surface area contributed by atoms with Gasteiger partial charge in [-0.25, -0.2) is 0 Å². The second-order valence-corrected chi connectivity index (χ2v) is 3.94. The maximum atomic E-state index is 12.1. The first-order chi connectivity index (χ1) is 8.68. The summed E-state index contributed by atoms with van der Waals surface area (Å²) < 4.78 is 0. The number of carbonyl (C=O) groups excluding carboxylic acids is 1. The monoisotopic (exact) mass is 243 g/mol. The van der Waals surface area contributed by atoms with Gasteiger partial charge in [-0.3, -0.25) is 14.6 Å². The number of hydrogen-bond donors (Lipinski definition) is 1. The Bertz CT molecular complexity index is 592. The molecule has 5 nitrogen and oxygen atoms in total. The Hall–Kier alpha value is -2.43. The molecular formula is C13H13N3O2. The Morgan fingerprint density at radius 3 is 2.94 bits per heavy atom. The van der Waals surface area contributed by atoms with Gasteiger partial charge in [-0.15, -0.1) is 0 Å². The van der Waals surface area contributed by atoms with Crippen molar-refractivity contribution in [2.24, 2.45) is 0 Å². The molecule has 2 heterocycles. The largest absolute Gasteiger partial charge is 0.367 e. The number of aromatic amines is 1. The molecule has 0 aromatic carbocycles. The summed E-state index contributed by atoms with van der Waals surface area (Å²) in [5.41, 5.74) is 0.779. The lowest BCUT2D eigenvalue weighted by atomic mass is 10.2. The lowest BCUT2D eigenvalue weighted by Gasteiger charge is -2.16. The molecule has 1 N–H and O–H groups in total. The fourth-order valence-electron chi connectivity index (χ4n) is 1.63. The van der Waals surface area contributed by atoms with Gasteiger partial charge in [0.25, 0.3) is 5.91 Å². The number of pyridine rings is 2. The van der Waals surface area contributed by atoms with Crippen LogP contribution in [-0.4, -0.2) is 27.8 Å². The van der Waals surface area contributed by atoms with Crippen molar-refractivity contribution in [1.29, 1.82) is 0 Å². The molecule has 2 aromatic rings. The first-order valence-corrected chi connectivity index (χ1v) is 5.50. The Morgan fingerprint density at radius 1 is 1.44 bits per heavy atom. The average molecular weight is 243 g/mol. The van der Waals surface area contributed by atoms with Gasteiger partial charge in [0, 0.05) is 44.4 Å². The van der Waals surface area contributed by atoms with Crippen LogP contribution in [0.2, 0.25) is 0 Å². The van der Waals surface area contributed by atoms with E-state index in [1.165, 1.54) is 23.4 Å². The molecule has 0 radical (unpaired) electrons. The fraction of sp³-hybridized carbons (Fsp3) is 0.154. The second kappa shape index (κ2) is 5.27. The summed E-state index contributed by atoms with van der Waals surface area (Å²) in [6, 6.07) is 5.03. The van der Waals surface area contributed by atoms with E-state index < -0.39 is 0 Å². The van der Waals surface area contributed by atoms with Crippen LogP contribution < -0.4 is 5.43 Å². The lowest BCUT2D eigenvalue weighted by molar-refractivity contribution is 0.0783. The molecule has 2 rings (SSSR count). The molecule has 0 aliphatic rings. The van der Waals surface area contributed by atoms with Crippen LogP contribution >= 0.6 is 0 Å². The second-order valence-electron chi connectivity index (χ2n) is 3.94. The molecule has 0 spiro atoms. The molecule has 0 bridgehead atoms. The van der Waals surface area contributed by atoms with Gasteiger partial charge >= 0.3 is 0 Å². The van der Waals surface area contributed by atoms with Crippen LogP contribution in [0.3, 0.4) is 0 Å². The summed E-state index contributed by atoms with van der Waals surface area (Å²) in [4.78, 5) is 31.8. The van der Waals surface area contributed by atoms with E-state index in [1.807, 2.05) is 12.1 Å². The van der Waals surface area contributed by atoms with Gasteiger partial charge in [0.1, 0.15) is 5.56 Å². The van der Waals surface area contributed by atoms with Crippen LogP contribution in [-0.2, 0) is 6.54 Å². The van der Waals surface area contributed by atoms with E-state index in [2.05, 4.69) is 9.97 Å². The minimum absolute atomic E-state index is 0.142. The minimum atomic E-state index is -0.305. The Morgan fingerprint density at radius 2 is 2.28 bits per heavy atom. The molecule has 0 fully saturated rings. The van der Waals surface area contributed by atoms with Crippen molar-refractivity contribution in [2.75, 3.05) is 7.05 Å². The van der Waals surface area contributed by atoms with Gasteiger partial charge in [0.15, 0.2) is 5.43 Å². The van der Waals surface area contributed by atoms with E-state index in [0.717, 1.165) is 5.56 Å². The molecule has 0 saturated heterocycles. The van der Waals surface area contributed by atoms with E-state index in [4.69, 9.17) is 0 Å². The molecule has 0 saturated carbocycles. The standard InChI is InChI=1S/C13H13N3O2/c1-16(9-10-3-2-5-14-7-10)13(18)11-8-15-6-4-12(11)17/h2-8H,9H2,1H3,(H,15,17). The van der Waals surface area contributed by atoms with Crippen molar-refractivity contribution < 1.29 is 4.79 Å². The van der Waals surface area contributed by atoms with E-state index in [0.29, 0.717) is 6.54 Å². The highest BCUT2D eigenvalue weighted by atomic mass is 16.2. The normalized spacial score (nSPS) is 10.1. The van der Waals surface area contributed by atoms with Gasteiger partial charge in [-0.05, 0) is 11.6 Å². The number of nitrogens with one attached hydrogen (secondary N) is 1. The summed E-state index contributed by atoms with van der Waals surface area (Å²) in [5, 5.41) is 0. The summed E-state index contributed by atoms with van der Waals surface area (Å²) in [6.07, 6.45) is 6.29. The summed E-state index contributed by atoms with van der Waals surface area (Å²) in [6.45, 7) is 0.418. The molecule has 5 heteroatoms. The Kier molecular flexibility index (Phi) is 3.52. The van der Waals surface area contributed by atoms with Gasteiger partial charge < -0.3 is 9.88 Å². The number of aromatic nitrogens is 2. The molecule has 0 atom stereocenters. The first-order valence-electron chi connectivity index (χ1n) is 5.50. The van der Waals surface area contributed by atoms with E-state index in [1.54, 1.807) is 19.4 Å². The predicted octanol–water partition coefficient (Wildman–Crippen LogP) is 1.04. The Balaban J connectivity index is 2.15. The third-order valence-electron chi connectivity index (χ3n) is 2.54. The SMILES string of the molecule is CN(Cc1cccnc1)C(=O)c1c[nH]ccc1=O. The zero-order valence-corrected chi connectivity index (χ0v) is 9.96. The zero-order valence-electron chi connectivity index (χ0n) is 9.96. The maximum Gasteiger partial charge on any atom is 0.259 e. The summed E-state index contributed by atoms with van der Waals surface area (Å²) in [7, 11) is 1.65. The topological polar surface area (TPSA) is 66.1 Å². The van der Waals surface area contributed by atoms with Crippen molar-refractivity contribution in [1.82, 2.24) is 14.9 Å². The minimum Gasteiger partial charge on any atom is -0.367 e. The van der Waals surface area contributed by atoms with Crippen LogP contribution in [0.25, 0.3) is 0 Å². The maximum absolute atomic E-state index is 12.1. The van der Waals surface area contributed by atoms with Gasteiger partial charge in [-0.2, -0.15) is 0 Å². The van der Waals surface area contributed by atoms with E-state index in [-0.39, 0.29) is 16.9 Å². The molecule has 1 amide bonds. The third kappa shape index (κ3) is 2.63. The highest BCUT2D eigenvalue weighted by Crippen LogP contribution is 2.04. The van der Waals surface area contributed by atoms with Crippen molar-refractivity contribution >= 4 is 5.91 Å².